The van der Waals surface area contributed by atoms with Crippen LogP contribution >= 0.6 is 11.8 Å². The number of ether oxygens (including phenoxy) is 1. The van der Waals surface area contributed by atoms with Crippen molar-refractivity contribution in [2.45, 2.75) is 26.7 Å². The van der Waals surface area contributed by atoms with Gasteiger partial charge in [-0.15, -0.1) is 0 Å². The molecule has 0 radical (unpaired) electrons. The van der Waals surface area contributed by atoms with Crippen LogP contribution in [-0.4, -0.2) is 35.1 Å². The van der Waals surface area contributed by atoms with Crippen molar-refractivity contribution in [3.8, 4) is 5.75 Å². The van der Waals surface area contributed by atoms with Crippen LogP contribution in [-0.2, 0) is 9.59 Å². The zero-order valence-corrected chi connectivity index (χ0v) is 18.0. The summed E-state index contributed by atoms with van der Waals surface area (Å²) < 4.78 is 5.46. The van der Waals surface area contributed by atoms with Gasteiger partial charge in [0, 0.05) is 5.69 Å². The second kappa shape index (κ2) is 9.63. The van der Waals surface area contributed by atoms with Gasteiger partial charge in [-0.1, -0.05) is 38.1 Å². The molecule has 1 heterocycles. The summed E-state index contributed by atoms with van der Waals surface area (Å²) in [7, 11) is 0. The van der Waals surface area contributed by atoms with Crippen molar-refractivity contribution in [3.63, 3.8) is 0 Å². The van der Waals surface area contributed by atoms with Crippen LogP contribution < -0.4 is 10.1 Å². The Hall–Kier alpha value is -3.06. The van der Waals surface area contributed by atoms with Crippen molar-refractivity contribution in [1.29, 1.82) is 0 Å². The van der Waals surface area contributed by atoms with Crippen LogP contribution in [0.5, 0.6) is 5.75 Å². The molecule has 0 spiro atoms. The van der Waals surface area contributed by atoms with E-state index < -0.39 is 17.1 Å². The summed E-state index contributed by atoms with van der Waals surface area (Å²) in [5, 5.41) is 2.27. The zero-order chi connectivity index (χ0) is 21.7. The predicted octanol–water partition coefficient (Wildman–Crippen LogP) is 4.88. The number of nitrogens with zero attached hydrogens (tertiary/aromatic N) is 1. The van der Waals surface area contributed by atoms with Gasteiger partial charge in [0.25, 0.3) is 11.1 Å². The summed E-state index contributed by atoms with van der Waals surface area (Å²) in [6, 6.07) is 14.8. The molecule has 0 saturated carbocycles. The average molecular weight is 425 g/mol. The molecule has 0 aromatic heterocycles. The molecule has 1 aliphatic heterocycles. The Balaban J connectivity index is 1.65. The zero-order valence-electron chi connectivity index (χ0n) is 17.2. The van der Waals surface area contributed by atoms with Gasteiger partial charge in [-0.2, -0.15) is 0 Å². The molecule has 0 aliphatic carbocycles. The highest BCUT2D eigenvalue weighted by atomic mass is 32.2. The lowest BCUT2D eigenvalue weighted by Gasteiger charge is -2.13. The number of imide groups is 1. The number of hydrogen-bond acceptors (Lipinski definition) is 5. The van der Waals surface area contributed by atoms with E-state index in [9.17, 15) is 14.4 Å². The molecule has 1 aliphatic rings. The van der Waals surface area contributed by atoms with Crippen molar-refractivity contribution in [3.05, 3.63) is 64.6 Å². The number of thioether (sulfide) groups is 1. The minimum atomic E-state index is -0.475. The molecule has 156 valence electrons. The normalized spacial score (nSPS) is 15.2. The molecule has 7 heteroatoms. The van der Waals surface area contributed by atoms with Crippen molar-refractivity contribution >= 4 is 40.6 Å². The third-order valence-corrected chi connectivity index (χ3v) is 5.41. The van der Waals surface area contributed by atoms with Gasteiger partial charge in [-0.25, -0.2) is 0 Å². The summed E-state index contributed by atoms with van der Waals surface area (Å²) in [4.78, 5) is 38.5. The largest absolute Gasteiger partial charge is 0.494 e. The lowest BCUT2D eigenvalue weighted by Crippen LogP contribution is -2.36. The maximum Gasteiger partial charge on any atom is 0.294 e. The van der Waals surface area contributed by atoms with Gasteiger partial charge >= 0.3 is 0 Å². The highest BCUT2D eigenvalue weighted by Crippen LogP contribution is 2.32. The van der Waals surface area contributed by atoms with E-state index in [2.05, 4.69) is 19.2 Å². The number of carbonyl (C=O) groups is 3. The van der Waals surface area contributed by atoms with Gasteiger partial charge in [0.1, 0.15) is 12.3 Å². The Morgan fingerprint density at radius 2 is 1.90 bits per heavy atom. The minimum Gasteiger partial charge on any atom is -0.494 e. The maximum absolute atomic E-state index is 12.6. The molecule has 0 bridgehead atoms. The smallest absolute Gasteiger partial charge is 0.294 e. The van der Waals surface area contributed by atoms with Gasteiger partial charge in [-0.05, 0) is 66.1 Å². The second-order valence-electron chi connectivity index (χ2n) is 7.10. The van der Waals surface area contributed by atoms with Crippen LogP contribution in [0.25, 0.3) is 6.08 Å². The quantitative estimate of drug-likeness (QED) is 0.641. The van der Waals surface area contributed by atoms with Gasteiger partial charge < -0.3 is 10.1 Å². The molecule has 1 N–H and O–H groups in total. The van der Waals surface area contributed by atoms with Crippen molar-refractivity contribution in [2.24, 2.45) is 0 Å². The Kier molecular flexibility index (Phi) is 6.95. The first kappa shape index (κ1) is 21.6. The Labute approximate surface area is 180 Å². The summed E-state index contributed by atoms with van der Waals surface area (Å²) in [5.41, 5.74) is 2.54. The van der Waals surface area contributed by atoms with E-state index in [1.807, 2.05) is 49.4 Å². The Bertz CT molecular complexity index is 983. The van der Waals surface area contributed by atoms with Crippen LogP contribution in [0.1, 0.15) is 37.8 Å². The number of rotatable bonds is 7. The van der Waals surface area contributed by atoms with Crippen molar-refractivity contribution in [2.75, 3.05) is 18.5 Å². The lowest BCUT2D eigenvalue weighted by molar-refractivity contribution is -0.127. The summed E-state index contributed by atoms with van der Waals surface area (Å²) >= 11 is 0.827. The molecule has 0 unspecified atom stereocenters. The van der Waals surface area contributed by atoms with Crippen molar-refractivity contribution in [1.82, 2.24) is 4.90 Å². The van der Waals surface area contributed by atoms with Gasteiger partial charge in [0.2, 0.25) is 5.91 Å². The second-order valence-corrected chi connectivity index (χ2v) is 8.09. The van der Waals surface area contributed by atoms with Crippen LogP contribution in [0.4, 0.5) is 10.5 Å². The predicted molar refractivity (Wildman–Crippen MR) is 119 cm³/mol. The summed E-state index contributed by atoms with van der Waals surface area (Å²) in [5.74, 6) is 0.186. The fourth-order valence-electron chi connectivity index (χ4n) is 2.94. The van der Waals surface area contributed by atoms with E-state index in [4.69, 9.17) is 4.74 Å². The van der Waals surface area contributed by atoms with Crippen LogP contribution in [0.3, 0.4) is 0 Å². The minimum absolute atomic E-state index is 0.280. The molecule has 2 aromatic rings. The van der Waals surface area contributed by atoms with Gasteiger partial charge in [-0.3, -0.25) is 19.3 Å². The van der Waals surface area contributed by atoms with Crippen LogP contribution in [0, 0.1) is 0 Å². The molecule has 6 nitrogen and oxygen atoms in total. The topological polar surface area (TPSA) is 75.7 Å². The molecular formula is C23H24N2O4S. The standard InChI is InChI=1S/C23H24N2O4S/c1-4-29-19-7-5-6-16(12-19)13-20-22(27)25(23(28)30-20)14-21(26)24-18-10-8-17(9-11-18)15(2)3/h5-13,15H,4,14H2,1-3H3,(H,24,26)/b20-13-. The fourth-order valence-corrected chi connectivity index (χ4v) is 3.78. The van der Waals surface area contributed by atoms with E-state index >= 15 is 0 Å². The van der Waals surface area contributed by atoms with E-state index in [0.717, 1.165) is 27.8 Å². The molecule has 1 saturated heterocycles. The highest BCUT2D eigenvalue weighted by molar-refractivity contribution is 8.18. The molecule has 3 rings (SSSR count). The number of hydrogen-bond donors (Lipinski definition) is 1. The number of benzene rings is 2. The number of anilines is 1. The van der Waals surface area contributed by atoms with Crippen molar-refractivity contribution < 1.29 is 19.1 Å². The Morgan fingerprint density at radius 3 is 2.57 bits per heavy atom. The molecule has 2 aromatic carbocycles. The van der Waals surface area contributed by atoms with E-state index in [-0.39, 0.29) is 11.4 Å². The highest BCUT2D eigenvalue weighted by Gasteiger charge is 2.36. The Morgan fingerprint density at radius 1 is 1.17 bits per heavy atom. The monoisotopic (exact) mass is 424 g/mol. The van der Waals surface area contributed by atoms with Gasteiger partial charge in [0.15, 0.2) is 0 Å². The third-order valence-electron chi connectivity index (χ3n) is 4.50. The lowest BCUT2D eigenvalue weighted by atomic mass is 10.0. The first-order valence-electron chi connectivity index (χ1n) is 9.75. The average Bonchev–Trinajstić information content (AvgIpc) is 2.96. The van der Waals surface area contributed by atoms with E-state index in [0.29, 0.717) is 24.0 Å². The summed E-state index contributed by atoms with van der Waals surface area (Å²) in [6.45, 7) is 6.28. The van der Waals surface area contributed by atoms with E-state index in [1.54, 1.807) is 12.1 Å². The first-order valence-corrected chi connectivity index (χ1v) is 10.6. The summed E-state index contributed by atoms with van der Waals surface area (Å²) in [6.07, 6.45) is 1.63. The SMILES string of the molecule is CCOc1cccc(/C=C2\SC(=O)N(CC(=O)Nc3ccc(C(C)C)cc3)C2=O)c1. The number of nitrogens with one attached hydrogen (secondary N) is 1. The molecular weight excluding hydrogens is 400 g/mol. The van der Waals surface area contributed by atoms with Crippen LogP contribution in [0.15, 0.2) is 53.4 Å². The number of carbonyl (C=O) groups excluding carboxylic acids is 3. The molecule has 1 fully saturated rings. The first-order chi connectivity index (χ1) is 14.4. The molecule has 30 heavy (non-hydrogen) atoms. The molecule has 3 amide bonds. The van der Waals surface area contributed by atoms with Crippen LogP contribution in [0.2, 0.25) is 0 Å². The number of amides is 3. The third kappa shape index (κ3) is 5.30. The van der Waals surface area contributed by atoms with Gasteiger partial charge in [0.05, 0.1) is 11.5 Å². The fraction of sp³-hybridized carbons (Fsp3) is 0.261. The maximum atomic E-state index is 12.6. The molecule has 0 atom stereocenters. The van der Waals surface area contributed by atoms with E-state index in [1.165, 1.54) is 0 Å².